The molecule has 1 aliphatic rings. The van der Waals surface area contributed by atoms with Crippen LogP contribution in [0.1, 0.15) is 28.9 Å². The fourth-order valence-corrected chi connectivity index (χ4v) is 3.26. The van der Waals surface area contributed by atoms with Crippen LogP contribution in [0.25, 0.3) is 0 Å². The van der Waals surface area contributed by atoms with E-state index in [1.54, 1.807) is 0 Å². The second kappa shape index (κ2) is 6.76. The van der Waals surface area contributed by atoms with Crippen LogP contribution in [-0.2, 0) is 6.54 Å². The van der Waals surface area contributed by atoms with Crippen LogP contribution in [0.15, 0.2) is 17.5 Å². The number of hydrogen-bond donors (Lipinski definition) is 0. The molecule has 0 amide bonds. The Bertz CT molecular complexity index is 677. The molecule has 2 heterocycles. The molecule has 1 fully saturated rings. The van der Waals surface area contributed by atoms with E-state index in [9.17, 15) is 18.0 Å². The number of benzene rings is 1. The van der Waals surface area contributed by atoms with Crippen LogP contribution in [0.4, 0.5) is 13.2 Å². The van der Waals surface area contributed by atoms with Gasteiger partial charge < -0.3 is 0 Å². The Balaban J connectivity index is 1.64. The van der Waals surface area contributed by atoms with Crippen LogP contribution in [0.2, 0.25) is 0 Å². The summed E-state index contributed by atoms with van der Waals surface area (Å²) in [5.74, 6) is -4.33. The first-order chi connectivity index (χ1) is 11.0. The van der Waals surface area contributed by atoms with Crippen molar-refractivity contribution in [1.29, 1.82) is 0 Å². The number of piperidine rings is 1. The van der Waals surface area contributed by atoms with Crippen LogP contribution in [0, 0.1) is 23.4 Å². The van der Waals surface area contributed by atoms with Gasteiger partial charge in [0.15, 0.2) is 5.78 Å². The zero-order chi connectivity index (χ0) is 16.4. The maximum Gasteiger partial charge on any atom is 0.171 e. The average Bonchev–Trinajstić information content (AvgIpc) is 2.99. The first-order valence-electron chi connectivity index (χ1n) is 7.21. The molecular formula is C15H14F3N3OS. The molecule has 0 radical (unpaired) electrons. The van der Waals surface area contributed by atoms with Crippen molar-refractivity contribution in [1.82, 2.24) is 14.5 Å². The van der Waals surface area contributed by atoms with Crippen molar-refractivity contribution in [2.75, 3.05) is 13.1 Å². The summed E-state index contributed by atoms with van der Waals surface area (Å²) in [6, 6.07) is 1.08. The molecule has 0 bridgehead atoms. The summed E-state index contributed by atoms with van der Waals surface area (Å²) in [7, 11) is 0. The molecule has 2 aromatic rings. The Morgan fingerprint density at radius 2 is 1.87 bits per heavy atom. The third kappa shape index (κ3) is 3.59. The van der Waals surface area contributed by atoms with E-state index in [0.29, 0.717) is 44.6 Å². The normalized spacial score (nSPS) is 16.7. The van der Waals surface area contributed by atoms with Crippen molar-refractivity contribution >= 4 is 17.3 Å². The standard InChI is InChI=1S/C15H14F3N3OS/c16-10-5-12(17)14(13(18)6-10)15(22)9-1-3-21(4-2-9)7-11-8-23-20-19-11/h5-6,8-9H,1-4,7H2. The molecule has 0 aliphatic carbocycles. The quantitative estimate of drug-likeness (QED) is 0.802. The van der Waals surface area contributed by atoms with Gasteiger partial charge in [-0.1, -0.05) is 4.49 Å². The van der Waals surface area contributed by atoms with Gasteiger partial charge in [-0.25, -0.2) is 13.2 Å². The minimum absolute atomic E-state index is 0.450. The summed E-state index contributed by atoms with van der Waals surface area (Å²) >= 11 is 1.28. The molecule has 3 rings (SSSR count). The number of nitrogens with zero attached hydrogens (tertiary/aromatic N) is 3. The van der Waals surface area contributed by atoms with Gasteiger partial charge >= 0.3 is 0 Å². The van der Waals surface area contributed by atoms with Gasteiger partial charge in [-0.2, -0.15) is 0 Å². The molecule has 122 valence electrons. The monoisotopic (exact) mass is 341 g/mol. The second-order valence-electron chi connectivity index (χ2n) is 5.56. The summed E-state index contributed by atoms with van der Waals surface area (Å²) in [4.78, 5) is 14.5. The highest BCUT2D eigenvalue weighted by atomic mass is 32.1. The highest BCUT2D eigenvalue weighted by Crippen LogP contribution is 2.26. The maximum absolute atomic E-state index is 13.7. The van der Waals surface area contributed by atoms with Crippen molar-refractivity contribution in [2.45, 2.75) is 19.4 Å². The lowest BCUT2D eigenvalue weighted by Crippen LogP contribution is -2.36. The van der Waals surface area contributed by atoms with Gasteiger partial charge in [0.05, 0.1) is 11.3 Å². The maximum atomic E-state index is 13.7. The highest BCUT2D eigenvalue weighted by molar-refractivity contribution is 7.03. The SMILES string of the molecule is O=C(c1c(F)cc(F)cc1F)C1CCN(Cc2csnn2)CC1. The zero-order valence-corrected chi connectivity index (χ0v) is 13.0. The smallest absolute Gasteiger partial charge is 0.171 e. The van der Waals surface area contributed by atoms with Crippen molar-refractivity contribution in [2.24, 2.45) is 5.92 Å². The third-order valence-electron chi connectivity index (χ3n) is 4.00. The van der Waals surface area contributed by atoms with Crippen molar-refractivity contribution in [3.05, 3.63) is 46.2 Å². The molecule has 23 heavy (non-hydrogen) atoms. The number of hydrogen-bond acceptors (Lipinski definition) is 5. The highest BCUT2D eigenvalue weighted by Gasteiger charge is 2.30. The fourth-order valence-electron chi connectivity index (χ4n) is 2.82. The van der Waals surface area contributed by atoms with Gasteiger partial charge in [0, 0.05) is 30.0 Å². The van der Waals surface area contributed by atoms with Gasteiger partial charge in [0.25, 0.3) is 0 Å². The molecule has 1 aromatic carbocycles. The van der Waals surface area contributed by atoms with E-state index < -0.39 is 34.7 Å². The molecule has 0 N–H and O–H groups in total. The third-order valence-corrected chi connectivity index (χ3v) is 4.56. The predicted octanol–water partition coefficient (Wildman–Crippen LogP) is 3.05. The Kier molecular flexibility index (Phi) is 4.72. The summed E-state index contributed by atoms with van der Waals surface area (Å²) in [6.07, 6.45) is 1.01. The molecule has 1 aromatic heterocycles. The minimum atomic E-state index is -1.14. The largest absolute Gasteiger partial charge is 0.297 e. The van der Waals surface area contributed by atoms with Crippen LogP contribution in [0.3, 0.4) is 0 Å². The number of carbonyl (C=O) groups excluding carboxylic acids is 1. The van der Waals surface area contributed by atoms with Gasteiger partial charge in [0.2, 0.25) is 0 Å². The Labute approximate surface area is 135 Å². The molecule has 0 spiro atoms. The average molecular weight is 341 g/mol. The molecule has 0 atom stereocenters. The number of halogens is 3. The number of carbonyl (C=O) groups is 1. The zero-order valence-electron chi connectivity index (χ0n) is 12.1. The van der Waals surface area contributed by atoms with Gasteiger partial charge in [-0.15, -0.1) is 5.10 Å². The lowest BCUT2D eigenvalue weighted by atomic mass is 9.88. The second-order valence-corrected chi connectivity index (χ2v) is 6.17. The topological polar surface area (TPSA) is 46.1 Å². The summed E-state index contributed by atoms with van der Waals surface area (Å²) in [6.45, 7) is 1.92. The van der Waals surface area contributed by atoms with Crippen LogP contribution >= 0.6 is 11.5 Å². The number of aromatic nitrogens is 2. The van der Waals surface area contributed by atoms with Crippen molar-refractivity contribution < 1.29 is 18.0 Å². The van der Waals surface area contributed by atoms with Crippen LogP contribution < -0.4 is 0 Å². The Hall–Kier alpha value is -1.80. The lowest BCUT2D eigenvalue weighted by Gasteiger charge is -2.30. The molecular weight excluding hydrogens is 327 g/mol. The number of likely N-dealkylation sites (tertiary alicyclic amines) is 1. The summed E-state index contributed by atoms with van der Waals surface area (Å²) < 4.78 is 44.2. The number of rotatable bonds is 4. The molecule has 1 aliphatic heterocycles. The Morgan fingerprint density at radius 1 is 1.22 bits per heavy atom. The summed E-state index contributed by atoms with van der Waals surface area (Å²) in [5, 5.41) is 5.83. The van der Waals surface area contributed by atoms with Gasteiger partial charge in [-0.05, 0) is 37.5 Å². The first kappa shape index (κ1) is 16.1. The minimum Gasteiger partial charge on any atom is -0.297 e. The molecule has 0 unspecified atom stereocenters. The number of Topliss-reactive ketones (excluding diaryl/α,β-unsaturated/α-hetero) is 1. The number of ketones is 1. The van der Waals surface area contributed by atoms with E-state index in [1.807, 2.05) is 5.38 Å². The Morgan fingerprint density at radius 3 is 2.43 bits per heavy atom. The van der Waals surface area contributed by atoms with Crippen molar-refractivity contribution in [3.63, 3.8) is 0 Å². The molecule has 8 heteroatoms. The lowest BCUT2D eigenvalue weighted by molar-refractivity contribution is 0.0825. The molecule has 0 saturated carbocycles. The van der Waals surface area contributed by atoms with Gasteiger partial charge in [0.1, 0.15) is 17.5 Å². The van der Waals surface area contributed by atoms with E-state index in [4.69, 9.17) is 0 Å². The first-order valence-corrected chi connectivity index (χ1v) is 8.05. The van der Waals surface area contributed by atoms with Crippen molar-refractivity contribution in [3.8, 4) is 0 Å². The summed E-state index contributed by atoms with van der Waals surface area (Å²) in [5.41, 5.74) is 0.240. The van der Waals surface area contributed by atoms with Crippen LogP contribution in [0.5, 0.6) is 0 Å². The van der Waals surface area contributed by atoms with E-state index in [0.717, 1.165) is 5.69 Å². The van der Waals surface area contributed by atoms with Crippen LogP contribution in [-0.4, -0.2) is 33.4 Å². The van der Waals surface area contributed by atoms with E-state index in [-0.39, 0.29) is 0 Å². The molecule has 4 nitrogen and oxygen atoms in total. The molecule has 1 saturated heterocycles. The predicted molar refractivity (Wildman–Crippen MR) is 78.6 cm³/mol. The van der Waals surface area contributed by atoms with E-state index in [1.165, 1.54) is 11.5 Å². The van der Waals surface area contributed by atoms with E-state index >= 15 is 0 Å². The fraction of sp³-hybridized carbons (Fsp3) is 0.400. The van der Waals surface area contributed by atoms with E-state index in [2.05, 4.69) is 14.5 Å². The van der Waals surface area contributed by atoms with Gasteiger partial charge in [-0.3, -0.25) is 9.69 Å².